The van der Waals surface area contributed by atoms with Crippen molar-refractivity contribution in [2.24, 2.45) is 0 Å². The number of aromatic nitrogens is 1. The number of amides is 2. The van der Waals surface area contributed by atoms with E-state index in [0.29, 0.717) is 23.4 Å². The molecule has 2 amide bonds. The molecule has 2 aromatic heterocycles. The highest BCUT2D eigenvalue weighted by Gasteiger charge is 2.12. The quantitative estimate of drug-likeness (QED) is 0.491. The van der Waals surface area contributed by atoms with Gasteiger partial charge in [0.05, 0.1) is 4.88 Å². The Bertz CT molecular complexity index is 877. The number of fused-ring (bicyclic) bond motifs is 1. The lowest BCUT2D eigenvalue weighted by Gasteiger charge is -2.05. The fourth-order valence-electron chi connectivity index (χ4n) is 2.29. The van der Waals surface area contributed by atoms with Crippen molar-refractivity contribution in [2.45, 2.75) is 6.42 Å². The second kappa shape index (κ2) is 7.20. The largest absolute Gasteiger partial charge is 0.352 e. The van der Waals surface area contributed by atoms with E-state index < -0.39 is 5.91 Å². The number of thiophene rings is 1. The molecule has 0 spiro atoms. The first-order chi connectivity index (χ1) is 11.7. The fourth-order valence-corrected chi connectivity index (χ4v) is 3.28. The van der Waals surface area contributed by atoms with Gasteiger partial charge in [0.15, 0.2) is 0 Å². The standard InChI is InChI=1S/C17H15N3O3S/c21-16(19-8-6-13-3-1-2-7-18-13)12-5-4-11-9-15(17(22)20-23)24-14(11)10-12/h1-5,7,9-10,23H,6,8H2,(H,19,21)(H,20,22). The number of hydrogen-bond donors (Lipinski definition) is 3. The summed E-state index contributed by atoms with van der Waals surface area (Å²) >= 11 is 1.22. The number of hydroxylamine groups is 1. The van der Waals surface area contributed by atoms with Gasteiger partial charge in [0.25, 0.3) is 11.8 Å². The van der Waals surface area contributed by atoms with Crippen molar-refractivity contribution in [3.8, 4) is 0 Å². The first-order valence-corrected chi connectivity index (χ1v) is 8.15. The molecular formula is C17H15N3O3S. The minimum Gasteiger partial charge on any atom is -0.352 e. The molecule has 0 bridgehead atoms. The zero-order valence-electron chi connectivity index (χ0n) is 12.7. The van der Waals surface area contributed by atoms with Crippen molar-refractivity contribution in [1.29, 1.82) is 0 Å². The fraction of sp³-hybridized carbons (Fsp3) is 0.118. The highest BCUT2D eigenvalue weighted by atomic mass is 32.1. The zero-order valence-corrected chi connectivity index (χ0v) is 13.5. The van der Waals surface area contributed by atoms with Gasteiger partial charge < -0.3 is 5.32 Å². The normalized spacial score (nSPS) is 10.5. The van der Waals surface area contributed by atoms with Crippen molar-refractivity contribution in [3.05, 3.63) is 64.8 Å². The van der Waals surface area contributed by atoms with Crippen molar-refractivity contribution >= 4 is 33.2 Å². The Labute approximate surface area is 142 Å². The third-order valence-corrected chi connectivity index (χ3v) is 4.60. The van der Waals surface area contributed by atoms with E-state index in [2.05, 4.69) is 10.3 Å². The lowest BCUT2D eigenvalue weighted by Crippen LogP contribution is -2.25. The van der Waals surface area contributed by atoms with Crippen LogP contribution < -0.4 is 10.8 Å². The Kier molecular flexibility index (Phi) is 4.83. The molecule has 1 aromatic carbocycles. The summed E-state index contributed by atoms with van der Waals surface area (Å²) in [7, 11) is 0. The number of benzene rings is 1. The minimum absolute atomic E-state index is 0.172. The number of pyridine rings is 1. The maximum Gasteiger partial charge on any atom is 0.284 e. The Morgan fingerprint density at radius 1 is 1.12 bits per heavy atom. The van der Waals surface area contributed by atoms with Crippen LogP contribution in [0, 0.1) is 0 Å². The van der Waals surface area contributed by atoms with E-state index >= 15 is 0 Å². The Morgan fingerprint density at radius 2 is 2.00 bits per heavy atom. The van der Waals surface area contributed by atoms with Crippen LogP contribution in [0.2, 0.25) is 0 Å². The van der Waals surface area contributed by atoms with E-state index in [4.69, 9.17) is 5.21 Å². The molecule has 0 saturated heterocycles. The third-order valence-electron chi connectivity index (χ3n) is 3.50. The minimum atomic E-state index is -0.558. The number of rotatable bonds is 5. The van der Waals surface area contributed by atoms with Crippen molar-refractivity contribution in [3.63, 3.8) is 0 Å². The monoisotopic (exact) mass is 341 g/mol. The molecule has 6 nitrogen and oxygen atoms in total. The summed E-state index contributed by atoms with van der Waals surface area (Å²) in [6.45, 7) is 0.497. The lowest BCUT2D eigenvalue weighted by atomic mass is 10.1. The zero-order chi connectivity index (χ0) is 16.9. The maximum absolute atomic E-state index is 12.2. The molecule has 3 N–H and O–H groups in total. The van der Waals surface area contributed by atoms with Gasteiger partial charge in [-0.1, -0.05) is 12.1 Å². The van der Waals surface area contributed by atoms with Crippen LogP contribution in [-0.4, -0.2) is 28.6 Å². The second-order valence-corrected chi connectivity index (χ2v) is 6.21. The molecule has 0 radical (unpaired) electrons. The van der Waals surface area contributed by atoms with Crippen molar-refractivity contribution < 1.29 is 14.8 Å². The molecule has 0 unspecified atom stereocenters. The summed E-state index contributed by atoms with van der Waals surface area (Å²) in [6.07, 6.45) is 2.39. The van der Waals surface area contributed by atoms with Gasteiger partial charge in [-0.2, -0.15) is 0 Å². The molecule has 3 rings (SSSR count). The molecule has 3 aromatic rings. The van der Waals surface area contributed by atoms with E-state index in [-0.39, 0.29) is 5.91 Å². The lowest BCUT2D eigenvalue weighted by molar-refractivity contribution is 0.0711. The van der Waals surface area contributed by atoms with E-state index in [0.717, 1.165) is 15.8 Å². The van der Waals surface area contributed by atoms with E-state index in [9.17, 15) is 9.59 Å². The first-order valence-electron chi connectivity index (χ1n) is 7.33. The van der Waals surface area contributed by atoms with E-state index in [1.165, 1.54) is 11.3 Å². The Balaban J connectivity index is 1.67. The highest BCUT2D eigenvalue weighted by Crippen LogP contribution is 2.26. The number of nitrogens with zero attached hydrogens (tertiary/aromatic N) is 1. The molecule has 7 heteroatoms. The molecule has 122 valence electrons. The van der Waals surface area contributed by atoms with Gasteiger partial charge >= 0.3 is 0 Å². The SMILES string of the molecule is O=C(NCCc1ccccn1)c1ccc2cc(C(=O)NO)sc2c1. The summed E-state index contributed by atoms with van der Waals surface area (Å²) in [5.41, 5.74) is 3.06. The van der Waals surface area contributed by atoms with Crippen LogP contribution in [0.4, 0.5) is 0 Å². The van der Waals surface area contributed by atoms with E-state index in [1.807, 2.05) is 18.2 Å². The predicted molar refractivity (Wildman–Crippen MR) is 91.4 cm³/mol. The van der Waals surface area contributed by atoms with Gasteiger partial charge in [-0.3, -0.25) is 19.8 Å². The number of hydrogen-bond acceptors (Lipinski definition) is 5. The van der Waals surface area contributed by atoms with E-state index in [1.54, 1.807) is 35.9 Å². The molecule has 0 aliphatic heterocycles. The van der Waals surface area contributed by atoms with Gasteiger partial charge in [-0.05, 0) is 35.7 Å². The van der Waals surface area contributed by atoms with Crippen LogP contribution >= 0.6 is 11.3 Å². The number of carbonyl (C=O) groups excluding carboxylic acids is 2. The maximum atomic E-state index is 12.2. The van der Waals surface area contributed by atoms with Crippen LogP contribution in [0.3, 0.4) is 0 Å². The Morgan fingerprint density at radius 3 is 2.75 bits per heavy atom. The highest BCUT2D eigenvalue weighted by molar-refractivity contribution is 7.20. The van der Waals surface area contributed by atoms with Crippen LogP contribution in [-0.2, 0) is 6.42 Å². The average Bonchev–Trinajstić information content (AvgIpc) is 3.05. The van der Waals surface area contributed by atoms with Gasteiger partial charge in [-0.15, -0.1) is 11.3 Å². The molecule has 0 atom stereocenters. The van der Waals surface area contributed by atoms with Crippen LogP contribution in [0.15, 0.2) is 48.7 Å². The summed E-state index contributed by atoms with van der Waals surface area (Å²) in [5, 5.41) is 12.4. The summed E-state index contributed by atoms with van der Waals surface area (Å²) in [6, 6.07) is 12.6. The average molecular weight is 341 g/mol. The molecule has 0 saturated carbocycles. The molecule has 2 heterocycles. The summed E-state index contributed by atoms with van der Waals surface area (Å²) in [4.78, 5) is 28.3. The topological polar surface area (TPSA) is 91.3 Å². The summed E-state index contributed by atoms with van der Waals surface area (Å²) in [5.74, 6) is -0.730. The van der Waals surface area contributed by atoms with Crippen LogP contribution in [0.25, 0.3) is 10.1 Å². The molecule has 0 aliphatic rings. The molecular weight excluding hydrogens is 326 g/mol. The predicted octanol–water partition coefficient (Wildman–Crippen LogP) is 2.39. The first kappa shape index (κ1) is 16.1. The smallest absolute Gasteiger partial charge is 0.284 e. The van der Waals surface area contributed by atoms with Crippen molar-refractivity contribution in [2.75, 3.05) is 6.54 Å². The van der Waals surface area contributed by atoms with Gasteiger partial charge in [0, 0.05) is 35.1 Å². The molecule has 0 aliphatic carbocycles. The molecule has 24 heavy (non-hydrogen) atoms. The second-order valence-electron chi connectivity index (χ2n) is 5.13. The molecule has 0 fully saturated rings. The summed E-state index contributed by atoms with van der Waals surface area (Å²) < 4.78 is 0.811. The third kappa shape index (κ3) is 3.58. The van der Waals surface area contributed by atoms with Crippen LogP contribution in [0.1, 0.15) is 25.7 Å². The van der Waals surface area contributed by atoms with Gasteiger partial charge in [0.1, 0.15) is 0 Å². The number of carbonyl (C=O) groups is 2. The van der Waals surface area contributed by atoms with Crippen molar-refractivity contribution in [1.82, 2.24) is 15.8 Å². The number of nitrogens with one attached hydrogen (secondary N) is 2. The van der Waals surface area contributed by atoms with Gasteiger partial charge in [-0.25, -0.2) is 5.48 Å². The Hall–Kier alpha value is -2.77. The van der Waals surface area contributed by atoms with Crippen LogP contribution in [0.5, 0.6) is 0 Å². The van der Waals surface area contributed by atoms with Gasteiger partial charge in [0.2, 0.25) is 0 Å².